The van der Waals surface area contributed by atoms with Gasteiger partial charge in [-0.25, -0.2) is 0 Å². The van der Waals surface area contributed by atoms with E-state index in [4.69, 9.17) is 4.74 Å². The van der Waals surface area contributed by atoms with Crippen LogP contribution >= 0.6 is 0 Å². The van der Waals surface area contributed by atoms with Crippen LogP contribution in [0.25, 0.3) is 0 Å². The highest BCUT2D eigenvalue weighted by Gasteiger charge is 2.28. The zero-order valence-electron chi connectivity index (χ0n) is 8.80. The van der Waals surface area contributed by atoms with Gasteiger partial charge in [0.15, 0.2) is 0 Å². The van der Waals surface area contributed by atoms with Gasteiger partial charge in [0, 0.05) is 0 Å². The molecule has 0 unspecified atom stereocenters. The molecular weight excluding hydrogens is 184 g/mol. The Hall–Kier alpha value is -1.08. The van der Waals surface area contributed by atoms with E-state index >= 15 is 0 Å². The fraction of sp³-hybridized carbons (Fsp3) is 0.429. The lowest BCUT2D eigenvalue weighted by Crippen LogP contribution is -2.07. The van der Waals surface area contributed by atoms with Crippen molar-refractivity contribution in [3.05, 3.63) is 48.0 Å². The van der Waals surface area contributed by atoms with Crippen LogP contribution in [0.5, 0.6) is 0 Å². The van der Waals surface area contributed by atoms with Crippen molar-refractivity contribution >= 4 is 0 Å². The maximum absolute atomic E-state index is 6.06. The summed E-state index contributed by atoms with van der Waals surface area (Å²) in [7, 11) is 0. The van der Waals surface area contributed by atoms with Crippen LogP contribution in [0.1, 0.15) is 30.9 Å². The van der Waals surface area contributed by atoms with Gasteiger partial charge in [-0.3, -0.25) is 0 Å². The van der Waals surface area contributed by atoms with Gasteiger partial charge in [-0.1, -0.05) is 42.5 Å². The molecule has 0 bridgehead atoms. The number of rotatable bonds is 3. The van der Waals surface area contributed by atoms with Gasteiger partial charge >= 0.3 is 0 Å². The molecule has 1 heterocycles. The first-order valence-corrected chi connectivity index (χ1v) is 5.80. The van der Waals surface area contributed by atoms with E-state index in [0.29, 0.717) is 12.2 Å². The van der Waals surface area contributed by atoms with Crippen molar-refractivity contribution in [2.75, 3.05) is 0 Å². The summed E-state index contributed by atoms with van der Waals surface area (Å²) in [4.78, 5) is 0. The lowest BCUT2D eigenvalue weighted by atomic mass is 10.0. The topological polar surface area (TPSA) is 9.23 Å². The van der Waals surface area contributed by atoms with Gasteiger partial charge in [-0.15, -0.1) is 0 Å². The van der Waals surface area contributed by atoms with Gasteiger partial charge < -0.3 is 4.74 Å². The minimum atomic E-state index is 0.343. The molecule has 78 valence electrons. The molecule has 1 aromatic carbocycles. The summed E-state index contributed by atoms with van der Waals surface area (Å²) in [6.45, 7) is 0. The molecule has 0 saturated carbocycles. The van der Waals surface area contributed by atoms with Crippen molar-refractivity contribution in [1.82, 2.24) is 0 Å². The highest BCUT2D eigenvalue weighted by atomic mass is 16.5. The molecule has 1 nitrogen and oxygen atoms in total. The molecule has 1 saturated heterocycles. The fourth-order valence-corrected chi connectivity index (χ4v) is 2.33. The Balaban J connectivity index is 1.60. The summed E-state index contributed by atoms with van der Waals surface area (Å²) in [5, 5.41) is 0. The van der Waals surface area contributed by atoms with Crippen LogP contribution < -0.4 is 0 Å². The van der Waals surface area contributed by atoms with Crippen LogP contribution in [0.15, 0.2) is 42.5 Å². The maximum Gasteiger partial charge on any atom is 0.0829 e. The Kier molecular flexibility index (Phi) is 2.34. The van der Waals surface area contributed by atoms with E-state index in [0.717, 1.165) is 5.92 Å². The molecule has 0 aromatic heterocycles. The second kappa shape index (κ2) is 3.82. The Morgan fingerprint density at radius 1 is 1.07 bits per heavy atom. The van der Waals surface area contributed by atoms with E-state index in [-0.39, 0.29) is 0 Å². The van der Waals surface area contributed by atoms with Crippen LogP contribution in [-0.2, 0) is 4.74 Å². The summed E-state index contributed by atoms with van der Waals surface area (Å²) in [5.41, 5.74) is 1.34. The molecule has 1 heteroatoms. The van der Waals surface area contributed by atoms with Crippen molar-refractivity contribution in [2.45, 2.75) is 31.5 Å². The Morgan fingerprint density at radius 3 is 2.60 bits per heavy atom. The number of benzene rings is 1. The summed E-state index contributed by atoms with van der Waals surface area (Å²) in [5.74, 6) is 0.740. The second-order valence-corrected chi connectivity index (χ2v) is 4.52. The summed E-state index contributed by atoms with van der Waals surface area (Å²) in [6, 6.07) is 10.6. The molecule has 1 aromatic rings. The highest BCUT2D eigenvalue weighted by molar-refractivity contribution is 5.19. The fourth-order valence-electron chi connectivity index (χ4n) is 2.33. The van der Waals surface area contributed by atoms with Gasteiger partial charge in [0.05, 0.1) is 12.2 Å². The van der Waals surface area contributed by atoms with Crippen LogP contribution in [0.4, 0.5) is 0 Å². The predicted octanol–water partition coefficient (Wildman–Crippen LogP) is 3.48. The summed E-state index contributed by atoms with van der Waals surface area (Å²) < 4.78 is 6.06. The molecule has 1 fully saturated rings. The van der Waals surface area contributed by atoms with E-state index in [1.165, 1.54) is 24.8 Å². The van der Waals surface area contributed by atoms with E-state index < -0.39 is 0 Å². The minimum Gasteiger partial charge on any atom is -0.370 e. The first-order valence-electron chi connectivity index (χ1n) is 5.80. The molecule has 0 N–H and O–H groups in total. The van der Waals surface area contributed by atoms with Gasteiger partial charge in [0.1, 0.15) is 0 Å². The van der Waals surface area contributed by atoms with Crippen LogP contribution in [0.2, 0.25) is 0 Å². The lowest BCUT2D eigenvalue weighted by molar-refractivity contribution is 0.0381. The Labute approximate surface area is 90.8 Å². The third-order valence-corrected chi connectivity index (χ3v) is 3.28. The molecule has 0 amide bonds. The van der Waals surface area contributed by atoms with Gasteiger partial charge in [-0.05, 0) is 30.7 Å². The third-order valence-electron chi connectivity index (χ3n) is 3.28. The molecule has 2 aliphatic rings. The number of hydrogen-bond donors (Lipinski definition) is 0. The van der Waals surface area contributed by atoms with Crippen LogP contribution in [0, 0.1) is 5.92 Å². The van der Waals surface area contributed by atoms with Crippen molar-refractivity contribution in [1.29, 1.82) is 0 Å². The molecule has 2 atom stereocenters. The smallest absolute Gasteiger partial charge is 0.0829 e. The maximum atomic E-state index is 6.06. The van der Waals surface area contributed by atoms with Crippen molar-refractivity contribution in [3.8, 4) is 0 Å². The molecule has 0 spiro atoms. The summed E-state index contributed by atoms with van der Waals surface area (Å²) >= 11 is 0. The van der Waals surface area contributed by atoms with E-state index in [2.05, 4.69) is 42.5 Å². The van der Waals surface area contributed by atoms with Crippen LogP contribution in [-0.4, -0.2) is 6.10 Å². The molecule has 1 aliphatic heterocycles. The Bertz CT molecular complexity index is 349. The first-order chi connectivity index (χ1) is 7.42. The highest BCUT2D eigenvalue weighted by Crippen LogP contribution is 2.37. The van der Waals surface area contributed by atoms with Gasteiger partial charge in [0.2, 0.25) is 0 Å². The average molecular weight is 200 g/mol. The van der Waals surface area contributed by atoms with E-state index in [1.54, 1.807) is 0 Å². The number of allylic oxidation sites excluding steroid dienone is 2. The van der Waals surface area contributed by atoms with Crippen LogP contribution in [0.3, 0.4) is 0 Å². The zero-order chi connectivity index (χ0) is 10.1. The quantitative estimate of drug-likeness (QED) is 0.679. The average Bonchev–Trinajstić information content (AvgIpc) is 2.96. The van der Waals surface area contributed by atoms with E-state index in [9.17, 15) is 0 Å². The van der Waals surface area contributed by atoms with Crippen molar-refractivity contribution in [2.24, 2.45) is 5.92 Å². The Morgan fingerprint density at radius 2 is 1.87 bits per heavy atom. The number of hydrogen-bond acceptors (Lipinski definition) is 1. The largest absolute Gasteiger partial charge is 0.370 e. The lowest BCUT2D eigenvalue weighted by Gasteiger charge is -2.13. The van der Waals surface area contributed by atoms with E-state index in [1.807, 2.05) is 0 Å². The second-order valence-electron chi connectivity index (χ2n) is 4.52. The SMILES string of the molecule is C1=CC1C[C@@H]1CC[C@H](c2ccccc2)O1. The van der Waals surface area contributed by atoms with Gasteiger partial charge in [0.25, 0.3) is 0 Å². The molecule has 1 aliphatic carbocycles. The minimum absolute atomic E-state index is 0.343. The molecular formula is C14H16O. The molecule has 3 rings (SSSR count). The monoisotopic (exact) mass is 200 g/mol. The van der Waals surface area contributed by atoms with Crippen molar-refractivity contribution < 1.29 is 4.74 Å². The molecule has 15 heavy (non-hydrogen) atoms. The molecule has 0 radical (unpaired) electrons. The summed E-state index contributed by atoms with van der Waals surface area (Å²) in [6.07, 6.45) is 8.95. The standard InChI is InChI=1S/C14H16O/c1-2-4-12(5-3-1)14-9-8-13(15-14)10-11-6-7-11/h1-7,11,13-14H,8-10H2/t13-,14+/m0/s1. The predicted molar refractivity (Wildman–Crippen MR) is 60.5 cm³/mol. The number of ether oxygens (including phenoxy) is 1. The zero-order valence-corrected chi connectivity index (χ0v) is 8.80. The third kappa shape index (κ3) is 2.13. The normalized spacial score (nSPS) is 29.6. The first kappa shape index (κ1) is 9.17. The van der Waals surface area contributed by atoms with Gasteiger partial charge in [-0.2, -0.15) is 0 Å². The van der Waals surface area contributed by atoms with Crippen molar-refractivity contribution in [3.63, 3.8) is 0 Å².